The van der Waals surface area contributed by atoms with Crippen molar-refractivity contribution in [3.8, 4) is 6.07 Å². The molecule has 0 bridgehead atoms. The fourth-order valence-corrected chi connectivity index (χ4v) is 4.37. The van der Waals surface area contributed by atoms with Crippen LogP contribution in [0, 0.1) is 17.2 Å². The third-order valence-electron chi connectivity index (χ3n) is 4.14. The highest BCUT2D eigenvalue weighted by molar-refractivity contribution is 7.89. The monoisotopic (exact) mass is 307 g/mol. The van der Waals surface area contributed by atoms with Crippen molar-refractivity contribution in [2.24, 2.45) is 5.92 Å². The molecule has 1 unspecified atom stereocenters. The summed E-state index contributed by atoms with van der Waals surface area (Å²) in [5.41, 5.74) is 6.34. The van der Waals surface area contributed by atoms with Gasteiger partial charge in [0, 0.05) is 13.1 Å². The van der Waals surface area contributed by atoms with Crippen molar-refractivity contribution in [3.05, 3.63) is 23.8 Å². The van der Waals surface area contributed by atoms with Gasteiger partial charge >= 0.3 is 0 Å². The zero-order chi connectivity index (χ0) is 15.5. The summed E-state index contributed by atoms with van der Waals surface area (Å²) < 4.78 is 27.0. The van der Waals surface area contributed by atoms with Gasteiger partial charge in [-0.3, -0.25) is 0 Å². The van der Waals surface area contributed by atoms with Crippen molar-refractivity contribution in [2.45, 2.75) is 37.5 Å². The molecule has 1 saturated heterocycles. The SMILES string of the molecule is CCC1CCCN(S(=O)(=O)c2ccc(C#N)cc2N)CC1. The minimum Gasteiger partial charge on any atom is -0.398 e. The molecule has 1 fully saturated rings. The van der Waals surface area contributed by atoms with E-state index >= 15 is 0 Å². The van der Waals surface area contributed by atoms with Gasteiger partial charge in [0.25, 0.3) is 0 Å². The Morgan fingerprint density at radius 3 is 2.76 bits per heavy atom. The number of anilines is 1. The second-order valence-corrected chi connectivity index (χ2v) is 7.38. The molecule has 1 aliphatic heterocycles. The summed E-state index contributed by atoms with van der Waals surface area (Å²) in [6, 6.07) is 6.31. The maximum absolute atomic E-state index is 12.7. The molecule has 5 nitrogen and oxygen atoms in total. The molecule has 6 heteroatoms. The Labute approximate surface area is 126 Å². The molecule has 0 aliphatic carbocycles. The van der Waals surface area contributed by atoms with Crippen LogP contribution in [0.4, 0.5) is 5.69 Å². The molecule has 0 amide bonds. The maximum atomic E-state index is 12.7. The highest BCUT2D eigenvalue weighted by atomic mass is 32.2. The van der Waals surface area contributed by atoms with Crippen molar-refractivity contribution in [3.63, 3.8) is 0 Å². The first-order valence-electron chi connectivity index (χ1n) is 7.28. The van der Waals surface area contributed by atoms with Crippen molar-refractivity contribution < 1.29 is 8.42 Å². The third-order valence-corrected chi connectivity index (χ3v) is 6.11. The van der Waals surface area contributed by atoms with Gasteiger partial charge in [-0.05, 0) is 43.4 Å². The van der Waals surface area contributed by atoms with E-state index in [0.29, 0.717) is 24.6 Å². The lowest BCUT2D eigenvalue weighted by Gasteiger charge is -2.21. The van der Waals surface area contributed by atoms with E-state index in [9.17, 15) is 8.42 Å². The molecule has 0 aromatic heterocycles. The van der Waals surface area contributed by atoms with Gasteiger partial charge in [-0.2, -0.15) is 9.57 Å². The number of nitrogen functional groups attached to an aromatic ring is 1. The zero-order valence-corrected chi connectivity index (χ0v) is 13.1. The van der Waals surface area contributed by atoms with Crippen LogP contribution in [0.5, 0.6) is 0 Å². The number of benzene rings is 1. The number of nitrogens with two attached hydrogens (primary N) is 1. The van der Waals surface area contributed by atoms with Gasteiger partial charge in [0.2, 0.25) is 10.0 Å². The van der Waals surface area contributed by atoms with E-state index in [1.807, 2.05) is 6.07 Å². The lowest BCUT2D eigenvalue weighted by atomic mass is 9.98. The molecule has 114 valence electrons. The summed E-state index contributed by atoms with van der Waals surface area (Å²) in [6.45, 7) is 3.23. The van der Waals surface area contributed by atoms with Gasteiger partial charge in [-0.15, -0.1) is 0 Å². The van der Waals surface area contributed by atoms with E-state index in [-0.39, 0.29) is 10.6 Å². The molecule has 2 N–H and O–H groups in total. The van der Waals surface area contributed by atoms with Crippen LogP contribution in [-0.4, -0.2) is 25.8 Å². The minimum absolute atomic E-state index is 0.108. The van der Waals surface area contributed by atoms with Crippen LogP contribution in [0.25, 0.3) is 0 Å². The van der Waals surface area contributed by atoms with Crippen LogP contribution >= 0.6 is 0 Å². The zero-order valence-electron chi connectivity index (χ0n) is 12.2. The quantitative estimate of drug-likeness (QED) is 0.868. The summed E-state index contributed by atoms with van der Waals surface area (Å²) >= 11 is 0. The van der Waals surface area contributed by atoms with E-state index in [1.54, 1.807) is 0 Å². The largest absolute Gasteiger partial charge is 0.398 e. The van der Waals surface area contributed by atoms with Crippen molar-refractivity contribution >= 4 is 15.7 Å². The Morgan fingerprint density at radius 2 is 2.14 bits per heavy atom. The van der Waals surface area contributed by atoms with Crippen molar-refractivity contribution in [1.29, 1.82) is 5.26 Å². The Balaban J connectivity index is 2.28. The van der Waals surface area contributed by atoms with Crippen LogP contribution in [-0.2, 0) is 10.0 Å². The maximum Gasteiger partial charge on any atom is 0.245 e. The fourth-order valence-electron chi connectivity index (χ4n) is 2.78. The molecule has 2 rings (SSSR count). The van der Waals surface area contributed by atoms with Crippen LogP contribution in [0.3, 0.4) is 0 Å². The molecule has 0 radical (unpaired) electrons. The molecule has 21 heavy (non-hydrogen) atoms. The molecule has 1 aliphatic rings. The van der Waals surface area contributed by atoms with Gasteiger partial charge in [-0.25, -0.2) is 8.42 Å². The standard InChI is InChI=1S/C15H21N3O2S/c1-2-12-4-3-8-18(9-7-12)21(19,20)15-6-5-13(11-16)10-14(15)17/h5-6,10,12H,2-4,7-9,17H2,1H3. The number of sulfonamides is 1. The Hall–Kier alpha value is -1.58. The van der Waals surface area contributed by atoms with Crippen LogP contribution in [0.15, 0.2) is 23.1 Å². The lowest BCUT2D eigenvalue weighted by molar-refractivity contribution is 0.407. The second-order valence-electron chi connectivity index (χ2n) is 5.47. The predicted octanol–water partition coefficient (Wildman–Crippen LogP) is 2.34. The van der Waals surface area contributed by atoms with Crippen LogP contribution in [0.1, 0.15) is 38.2 Å². The van der Waals surface area contributed by atoms with Gasteiger partial charge in [0.15, 0.2) is 0 Å². The van der Waals surface area contributed by atoms with E-state index in [0.717, 1.165) is 25.7 Å². The molecule has 0 saturated carbocycles. The van der Waals surface area contributed by atoms with E-state index in [1.165, 1.54) is 22.5 Å². The fraction of sp³-hybridized carbons (Fsp3) is 0.533. The van der Waals surface area contributed by atoms with Crippen molar-refractivity contribution in [1.82, 2.24) is 4.31 Å². The number of hydrogen-bond acceptors (Lipinski definition) is 4. The Kier molecular flexibility index (Phi) is 4.86. The average molecular weight is 307 g/mol. The summed E-state index contributed by atoms with van der Waals surface area (Å²) in [5.74, 6) is 0.600. The molecular formula is C15H21N3O2S. The summed E-state index contributed by atoms with van der Waals surface area (Å²) in [5, 5.41) is 8.83. The topological polar surface area (TPSA) is 87.2 Å². The summed E-state index contributed by atoms with van der Waals surface area (Å²) in [7, 11) is -3.57. The Morgan fingerprint density at radius 1 is 1.38 bits per heavy atom. The molecule has 1 atom stereocenters. The van der Waals surface area contributed by atoms with Gasteiger partial charge < -0.3 is 5.73 Å². The average Bonchev–Trinajstić information content (AvgIpc) is 2.72. The summed E-state index contributed by atoms with van der Waals surface area (Å²) in [4.78, 5) is 0.108. The van der Waals surface area contributed by atoms with E-state index in [4.69, 9.17) is 11.0 Å². The smallest absolute Gasteiger partial charge is 0.245 e. The molecule has 0 spiro atoms. The lowest BCUT2D eigenvalue weighted by Crippen LogP contribution is -2.32. The first kappa shape index (κ1) is 15.8. The van der Waals surface area contributed by atoms with Crippen molar-refractivity contribution in [2.75, 3.05) is 18.8 Å². The molecule has 1 aromatic rings. The molecule has 1 heterocycles. The summed E-state index contributed by atoms with van der Waals surface area (Å²) in [6.07, 6.45) is 3.94. The first-order valence-corrected chi connectivity index (χ1v) is 8.72. The third kappa shape index (κ3) is 3.36. The number of nitriles is 1. The normalized spacial score (nSPS) is 20.7. The molecular weight excluding hydrogens is 286 g/mol. The highest BCUT2D eigenvalue weighted by Crippen LogP contribution is 2.27. The number of rotatable bonds is 3. The van der Waals surface area contributed by atoms with Crippen LogP contribution in [0.2, 0.25) is 0 Å². The van der Waals surface area contributed by atoms with E-state index < -0.39 is 10.0 Å². The predicted molar refractivity (Wildman–Crippen MR) is 82.0 cm³/mol. The van der Waals surface area contributed by atoms with Gasteiger partial charge in [0.05, 0.1) is 17.3 Å². The second kappa shape index (κ2) is 6.46. The highest BCUT2D eigenvalue weighted by Gasteiger charge is 2.28. The number of nitrogens with zero attached hydrogens (tertiary/aromatic N) is 2. The van der Waals surface area contributed by atoms with Gasteiger partial charge in [-0.1, -0.05) is 13.3 Å². The number of hydrogen-bond donors (Lipinski definition) is 1. The van der Waals surface area contributed by atoms with E-state index in [2.05, 4.69) is 6.92 Å². The van der Waals surface area contributed by atoms with Gasteiger partial charge in [0.1, 0.15) is 4.90 Å². The first-order chi connectivity index (χ1) is 9.98. The Bertz CT molecular complexity index is 649. The minimum atomic E-state index is -3.57. The molecule has 1 aromatic carbocycles. The van der Waals surface area contributed by atoms with Crippen LogP contribution < -0.4 is 5.73 Å².